The van der Waals surface area contributed by atoms with Crippen LogP contribution in [0, 0.1) is 17.3 Å². The van der Waals surface area contributed by atoms with Gasteiger partial charge in [0.1, 0.15) is 5.75 Å². The molecule has 1 aromatic rings. The van der Waals surface area contributed by atoms with Gasteiger partial charge in [0.25, 0.3) is 0 Å². The second kappa shape index (κ2) is 9.33. The van der Waals surface area contributed by atoms with Crippen LogP contribution in [0.15, 0.2) is 18.2 Å². The first-order valence-electron chi connectivity index (χ1n) is 12.1. The van der Waals surface area contributed by atoms with E-state index in [0.717, 1.165) is 38.5 Å². The Morgan fingerprint density at radius 3 is 2.64 bits per heavy atom. The Labute approximate surface area is 195 Å². The number of phenols is 1. The van der Waals surface area contributed by atoms with Gasteiger partial charge in [0.05, 0.1) is 19.1 Å². The van der Waals surface area contributed by atoms with E-state index in [1.54, 1.807) is 6.92 Å². The summed E-state index contributed by atoms with van der Waals surface area (Å²) in [7, 11) is 0. The molecule has 2 fully saturated rings. The molecule has 0 saturated heterocycles. The van der Waals surface area contributed by atoms with E-state index in [0.29, 0.717) is 23.5 Å². The molecule has 3 aliphatic rings. The number of hydrogen-bond acceptors (Lipinski definition) is 5. The zero-order valence-electron chi connectivity index (χ0n) is 19.5. The number of carbonyl (C=O) groups is 3. The highest BCUT2D eigenvalue weighted by Gasteiger charge is 2.55. The molecular formula is C25H36N4O4. The van der Waals surface area contributed by atoms with Crippen molar-refractivity contribution in [3.05, 3.63) is 29.3 Å². The molecule has 1 aromatic carbocycles. The first-order chi connectivity index (χ1) is 15.7. The van der Waals surface area contributed by atoms with Crippen LogP contribution in [0.3, 0.4) is 0 Å². The Morgan fingerprint density at radius 1 is 1.12 bits per heavy atom. The summed E-state index contributed by atoms with van der Waals surface area (Å²) in [6, 6.07) is 5.26. The topological polar surface area (TPSA) is 134 Å². The molecule has 0 unspecified atom stereocenters. The highest BCUT2D eigenvalue weighted by molar-refractivity contribution is 5.89. The minimum Gasteiger partial charge on any atom is -0.508 e. The van der Waals surface area contributed by atoms with E-state index in [9.17, 15) is 19.5 Å². The number of amides is 3. The number of nitrogens with one attached hydrogen (secondary N) is 3. The molecule has 8 heteroatoms. The number of hydrogen-bond donors (Lipinski definition) is 5. The third kappa shape index (κ3) is 4.71. The smallest absolute Gasteiger partial charge is 0.239 e. The Balaban J connectivity index is 1.32. The fourth-order valence-corrected chi connectivity index (χ4v) is 6.62. The van der Waals surface area contributed by atoms with Crippen LogP contribution < -0.4 is 21.7 Å². The predicted molar refractivity (Wildman–Crippen MR) is 124 cm³/mol. The van der Waals surface area contributed by atoms with Crippen LogP contribution in [-0.2, 0) is 20.8 Å². The Morgan fingerprint density at radius 2 is 1.88 bits per heavy atom. The Hall–Kier alpha value is -2.61. The number of rotatable bonds is 6. The van der Waals surface area contributed by atoms with E-state index < -0.39 is 17.9 Å². The van der Waals surface area contributed by atoms with Crippen molar-refractivity contribution in [1.82, 2.24) is 16.0 Å². The van der Waals surface area contributed by atoms with E-state index in [1.165, 1.54) is 11.1 Å². The zero-order valence-corrected chi connectivity index (χ0v) is 19.5. The maximum atomic E-state index is 12.6. The SMILES string of the molecule is C[C@H](N)C(=O)NCC(=O)NCC(=O)N[C@H]1CC[C@H]2[C@@H]3CCc4cc(O)ccc4[C@H]3CC[C@]12C. The van der Waals surface area contributed by atoms with Crippen molar-refractivity contribution in [1.29, 1.82) is 0 Å². The van der Waals surface area contributed by atoms with Crippen molar-refractivity contribution in [3.8, 4) is 5.75 Å². The summed E-state index contributed by atoms with van der Waals surface area (Å²) in [5.41, 5.74) is 8.20. The lowest BCUT2D eigenvalue weighted by atomic mass is 9.55. The molecule has 0 spiro atoms. The summed E-state index contributed by atoms with van der Waals surface area (Å²) in [6.07, 6.45) is 6.34. The first kappa shape index (κ1) is 23.5. The van der Waals surface area contributed by atoms with E-state index >= 15 is 0 Å². The van der Waals surface area contributed by atoms with Crippen LogP contribution in [-0.4, -0.2) is 48.0 Å². The quantitative estimate of drug-likeness (QED) is 0.440. The number of aryl methyl sites for hydroxylation is 1. The monoisotopic (exact) mass is 456 g/mol. The average molecular weight is 457 g/mol. The summed E-state index contributed by atoms with van der Waals surface area (Å²) in [5, 5.41) is 18.0. The molecule has 3 amide bonds. The van der Waals surface area contributed by atoms with Gasteiger partial charge in [0.15, 0.2) is 0 Å². The summed E-state index contributed by atoms with van der Waals surface area (Å²) in [4.78, 5) is 36.0. The molecule has 180 valence electrons. The van der Waals surface area contributed by atoms with E-state index in [2.05, 4.69) is 28.9 Å². The van der Waals surface area contributed by atoms with Crippen LogP contribution >= 0.6 is 0 Å². The Bertz CT molecular complexity index is 933. The van der Waals surface area contributed by atoms with Crippen molar-refractivity contribution in [2.75, 3.05) is 13.1 Å². The molecule has 6 atom stereocenters. The molecule has 0 bridgehead atoms. The van der Waals surface area contributed by atoms with Gasteiger partial charge in [-0.25, -0.2) is 0 Å². The van der Waals surface area contributed by atoms with Crippen molar-refractivity contribution in [2.24, 2.45) is 23.0 Å². The average Bonchev–Trinajstić information content (AvgIpc) is 3.11. The van der Waals surface area contributed by atoms with Crippen molar-refractivity contribution < 1.29 is 19.5 Å². The standard InChI is InChI=1S/C25H36N4O4/c1-14(26)24(33)28-12-22(31)27-13-23(32)29-21-8-7-20-19-5-3-15-11-16(30)4-6-17(15)18(19)9-10-25(20,21)2/h4,6,11,14,18-21,30H,3,5,7-10,12-13,26H2,1-2H3,(H,27,31)(H,28,33)(H,29,32)/t14-,18+,19+,20-,21-,25-/m0/s1. The van der Waals surface area contributed by atoms with Crippen molar-refractivity contribution in [2.45, 2.75) is 70.4 Å². The predicted octanol–water partition coefficient (Wildman–Crippen LogP) is 1.31. The maximum Gasteiger partial charge on any atom is 0.239 e. The maximum absolute atomic E-state index is 12.6. The van der Waals surface area contributed by atoms with Gasteiger partial charge in [0, 0.05) is 6.04 Å². The fourth-order valence-electron chi connectivity index (χ4n) is 6.62. The number of nitrogens with two attached hydrogens (primary N) is 1. The van der Waals surface area contributed by atoms with Gasteiger partial charge in [0.2, 0.25) is 17.7 Å². The van der Waals surface area contributed by atoms with Gasteiger partial charge < -0.3 is 26.8 Å². The number of fused-ring (bicyclic) bond motifs is 5. The second-order valence-corrected chi connectivity index (χ2v) is 10.3. The van der Waals surface area contributed by atoms with Gasteiger partial charge in [-0.15, -0.1) is 0 Å². The normalized spacial score (nSPS) is 30.9. The highest BCUT2D eigenvalue weighted by atomic mass is 16.3. The van der Waals surface area contributed by atoms with Crippen LogP contribution in [0.5, 0.6) is 5.75 Å². The summed E-state index contributed by atoms with van der Waals surface area (Å²) < 4.78 is 0. The number of aromatic hydroxyl groups is 1. The van der Waals surface area contributed by atoms with Gasteiger partial charge in [-0.1, -0.05) is 13.0 Å². The lowest BCUT2D eigenvalue weighted by Gasteiger charge is -2.51. The molecule has 8 nitrogen and oxygen atoms in total. The van der Waals surface area contributed by atoms with Gasteiger partial charge in [-0.3, -0.25) is 14.4 Å². The molecular weight excluding hydrogens is 420 g/mol. The third-order valence-electron chi connectivity index (χ3n) is 8.33. The number of benzene rings is 1. The lowest BCUT2D eigenvalue weighted by molar-refractivity contribution is -0.128. The molecule has 0 aromatic heterocycles. The van der Waals surface area contributed by atoms with Crippen LogP contribution in [0.4, 0.5) is 0 Å². The zero-order chi connectivity index (χ0) is 23.8. The minimum atomic E-state index is -0.683. The largest absolute Gasteiger partial charge is 0.508 e. The van der Waals surface area contributed by atoms with Gasteiger partial charge in [-0.2, -0.15) is 0 Å². The van der Waals surface area contributed by atoms with Crippen molar-refractivity contribution in [3.63, 3.8) is 0 Å². The molecule has 4 rings (SSSR count). The number of carbonyl (C=O) groups excluding carboxylic acids is 3. The molecule has 6 N–H and O–H groups in total. The van der Waals surface area contributed by atoms with Gasteiger partial charge in [-0.05, 0) is 91.9 Å². The highest BCUT2D eigenvalue weighted by Crippen LogP contribution is 2.60. The van der Waals surface area contributed by atoms with E-state index in [-0.39, 0.29) is 30.5 Å². The summed E-state index contributed by atoms with van der Waals surface area (Å²) in [5.74, 6) is 1.04. The molecule has 3 aliphatic carbocycles. The molecule has 0 heterocycles. The molecule has 2 saturated carbocycles. The second-order valence-electron chi connectivity index (χ2n) is 10.3. The van der Waals surface area contributed by atoms with Gasteiger partial charge >= 0.3 is 0 Å². The van der Waals surface area contributed by atoms with E-state index in [1.807, 2.05) is 12.1 Å². The molecule has 0 aliphatic heterocycles. The van der Waals surface area contributed by atoms with Crippen LogP contribution in [0.2, 0.25) is 0 Å². The lowest BCUT2D eigenvalue weighted by Crippen LogP contribution is -2.52. The van der Waals surface area contributed by atoms with Crippen molar-refractivity contribution >= 4 is 17.7 Å². The summed E-state index contributed by atoms with van der Waals surface area (Å²) in [6.45, 7) is 3.56. The number of phenolic OH excluding ortho intramolecular Hbond substituents is 1. The Kier molecular flexibility index (Phi) is 6.66. The fraction of sp³-hybridized carbons (Fsp3) is 0.640. The summed E-state index contributed by atoms with van der Waals surface area (Å²) >= 11 is 0. The van der Waals surface area contributed by atoms with Crippen LogP contribution in [0.1, 0.15) is 63.0 Å². The molecule has 0 radical (unpaired) electrons. The van der Waals surface area contributed by atoms with Crippen LogP contribution in [0.25, 0.3) is 0 Å². The minimum absolute atomic E-state index is 0.0560. The first-order valence-corrected chi connectivity index (χ1v) is 12.1. The third-order valence-corrected chi connectivity index (χ3v) is 8.33. The van der Waals surface area contributed by atoms with E-state index in [4.69, 9.17) is 5.73 Å². The molecule has 33 heavy (non-hydrogen) atoms.